The smallest absolute Gasteiger partial charge is 0.224 e. The molecule has 1 N–H and O–H groups in total. The van der Waals surface area contributed by atoms with E-state index in [1.807, 2.05) is 26.2 Å². The Morgan fingerprint density at radius 3 is 2.48 bits per heavy atom. The number of carbonyl (C=O) groups excluding carboxylic acids is 2. The first-order valence-electron chi connectivity index (χ1n) is 7.79. The molecule has 2 atom stereocenters. The third-order valence-electron chi connectivity index (χ3n) is 4.11. The molecule has 6 heteroatoms. The van der Waals surface area contributed by atoms with Crippen LogP contribution in [-0.4, -0.2) is 61.4 Å². The van der Waals surface area contributed by atoms with Crippen LogP contribution in [0.3, 0.4) is 0 Å². The Kier molecular flexibility index (Phi) is 6.02. The van der Waals surface area contributed by atoms with Crippen LogP contribution in [0.5, 0.6) is 0 Å². The zero-order chi connectivity index (χ0) is 17.0. The van der Waals surface area contributed by atoms with Crippen molar-refractivity contribution < 1.29 is 9.59 Å². The molecule has 126 valence electrons. The van der Waals surface area contributed by atoms with Gasteiger partial charge >= 0.3 is 0 Å². The molecule has 1 aromatic carbocycles. The van der Waals surface area contributed by atoms with Gasteiger partial charge < -0.3 is 15.1 Å². The average Bonchev–Trinajstić information content (AvgIpc) is 2.84. The summed E-state index contributed by atoms with van der Waals surface area (Å²) < 4.78 is 0. The van der Waals surface area contributed by atoms with Gasteiger partial charge in [-0.1, -0.05) is 23.7 Å². The standard InChI is InChI=1S/C17H24ClN3O2/c1-12(22)21-10-14(9-20(2)3)16(11-21)19-17(23)8-13-4-6-15(18)7-5-13/h4-7,14,16H,8-11H2,1-3H3,(H,19,23)/t14-,16-/m1/s1. The molecule has 0 radical (unpaired) electrons. The van der Waals surface area contributed by atoms with Gasteiger partial charge in [-0.15, -0.1) is 0 Å². The van der Waals surface area contributed by atoms with E-state index in [0.717, 1.165) is 12.1 Å². The fourth-order valence-corrected chi connectivity index (χ4v) is 3.12. The number of likely N-dealkylation sites (tertiary alicyclic amines) is 1. The topological polar surface area (TPSA) is 52.7 Å². The summed E-state index contributed by atoms with van der Waals surface area (Å²) in [5.74, 6) is 0.290. The largest absolute Gasteiger partial charge is 0.351 e. The molecule has 2 rings (SSSR count). The number of hydrogen-bond donors (Lipinski definition) is 1. The highest BCUT2D eigenvalue weighted by molar-refractivity contribution is 6.30. The van der Waals surface area contributed by atoms with E-state index in [9.17, 15) is 9.59 Å². The molecule has 1 aliphatic rings. The summed E-state index contributed by atoms with van der Waals surface area (Å²) in [6.45, 7) is 3.69. The molecule has 0 spiro atoms. The quantitative estimate of drug-likeness (QED) is 0.884. The maximum atomic E-state index is 12.3. The van der Waals surface area contributed by atoms with Gasteiger partial charge in [-0.05, 0) is 31.8 Å². The number of amides is 2. The third kappa shape index (κ3) is 5.22. The van der Waals surface area contributed by atoms with Crippen molar-refractivity contribution >= 4 is 23.4 Å². The first-order chi connectivity index (χ1) is 10.8. The van der Waals surface area contributed by atoms with Crippen LogP contribution in [0, 0.1) is 5.92 Å². The summed E-state index contributed by atoms with van der Waals surface area (Å²) in [5.41, 5.74) is 0.928. The second-order valence-electron chi connectivity index (χ2n) is 6.42. The number of halogens is 1. The van der Waals surface area contributed by atoms with Gasteiger partial charge in [-0.2, -0.15) is 0 Å². The van der Waals surface area contributed by atoms with Crippen molar-refractivity contribution in [3.63, 3.8) is 0 Å². The van der Waals surface area contributed by atoms with Gasteiger partial charge in [-0.3, -0.25) is 9.59 Å². The molecule has 0 unspecified atom stereocenters. The highest BCUT2D eigenvalue weighted by Crippen LogP contribution is 2.18. The Morgan fingerprint density at radius 1 is 1.26 bits per heavy atom. The van der Waals surface area contributed by atoms with Crippen molar-refractivity contribution in [1.29, 1.82) is 0 Å². The minimum atomic E-state index is -0.0218. The molecular weight excluding hydrogens is 314 g/mol. The molecule has 1 aromatic rings. The van der Waals surface area contributed by atoms with E-state index in [-0.39, 0.29) is 23.8 Å². The van der Waals surface area contributed by atoms with Crippen molar-refractivity contribution in [3.05, 3.63) is 34.9 Å². The lowest BCUT2D eigenvalue weighted by molar-refractivity contribution is -0.128. The van der Waals surface area contributed by atoms with E-state index in [0.29, 0.717) is 24.5 Å². The monoisotopic (exact) mass is 337 g/mol. The lowest BCUT2D eigenvalue weighted by Crippen LogP contribution is -2.44. The summed E-state index contributed by atoms with van der Waals surface area (Å²) in [6, 6.07) is 7.28. The van der Waals surface area contributed by atoms with Gasteiger partial charge in [0.05, 0.1) is 12.5 Å². The second-order valence-corrected chi connectivity index (χ2v) is 6.86. The van der Waals surface area contributed by atoms with Crippen LogP contribution in [0.15, 0.2) is 24.3 Å². The summed E-state index contributed by atoms with van der Waals surface area (Å²) >= 11 is 5.86. The Bertz CT molecular complexity index is 559. The van der Waals surface area contributed by atoms with E-state index in [4.69, 9.17) is 11.6 Å². The van der Waals surface area contributed by atoms with Crippen LogP contribution in [0.25, 0.3) is 0 Å². The minimum Gasteiger partial charge on any atom is -0.351 e. The lowest BCUT2D eigenvalue weighted by atomic mass is 10.0. The van der Waals surface area contributed by atoms with Crippen LogP contribution in [0.4, 0.5) is 0 Å². The fraction of sp³-hybridized carbons (Fsp3) is 0.529. The van der Waals surface area contributed by atoms with E-state index < -0.39 is 0 Å². The molecular formula is C17H24ClN3O2. The van der Waals surface area contributed by atoms with Crippen molar-refractivity contribution in [1.82, 2.24) is 15.1 Å². The van der Waals surface area contributed by atoms with Crippen LogP contribution in [0.2, 0.25) is 5.02 Å². The molecule has 23 heavy (non-hydrogen) atoms. The Hall–Kier alpha value is -1.59. The molecule has 1 fully saturated rings. The molecule has 0 aromatic heterocycles. The lowest BCUT2D eigenvalue weighted by Gasteiger charge is -2.22. The Morgan fingerprint density at radius 2 is 1.91 bits per heavy atom. The number of nitrogens with zero attached hydrogens (tertiary/aromatic N) is 2. The molecule has 0 bridgehead atoms. The first kappa shape index (κ1) is 17.8. The molecule has 1 saturated heterocycles. The van der Waals surface area contributed by atoms with Gasteiger partial charge in [0.15, 0.2) is 0 Å². The zero-order valence-electron chi connectivity index (χ0n) is 13.9. The van der Waals surface area contributed by atoms with Gasteiger partial charge in [0, 0.05) is 37.5 Å². The van der Waals surface area contributed by atoms with Gasteiger partial charge in [0.1, 0.15) is 0 Å². The van der Waals surface area contributed by atoms with E-state index in [1.165, 1.54) is 0 Å². The van der Waals surface area contributed by atoms with Gasteiger partial charge in [-0.25, -0.2) is 0 Å². The number of nitrogens with one attached hydrogen (secondary N) is 1. The first-order valence-corrected chi connectivity index (χ1v) is 8.17. The van der Waals surface area contributed by atoms with Gasteiger partial charge in [0.2, 0.25) is 11.8 Å². The molecule has 5 nitrogen and oxygen atoms in total. The molecule has 2 amide bonds. The molecule has 0 aliphatic carbocycles. The SMILES string of the molecule is CC(=O)N1C[C@@H](CN(C)C)[C@H](NC(=O)Cc2ccc(Cl)cc2)C1. The Labute approximate surface area is 142 Å². The fourth-order valence-electron chi connectivity index (χ4n) is 2.99. The van der Waals surface area contributed by atoms with Crippen molar-refractivity contribution in [2.24, 2.45) is 5.92 Å². The summed E-state index contributed by atoms with van der Waals surface area (Å²) in [7, 11) is 4.01. The van der Waals surface area contributed by atoms with Gasteiger partial charge in [0.25, 0.3) is 0 Å². The highest BCUT2D eigenvalue weighted by Gasteiger charge is 2.35. The number of carbonyl (C=O) groups is 2. The Balaban J connectivity index is 1.96. The predicted octanol–water partition coefficient (Wildman–Crippen LogP) is 1.41. The van der Waals surface area contributed by atoms with Crippen LogP contribution >= 0.6 is 11.6 Å². The van der Waals surface area contributed by atoms with E-state index >= 15 is 0 Å². The number of hydrogen-bond acceptors (Lipinski definition) is 3. The summed E-state index contributed by atoms with van der Waals surface area (Å²) in [5, 5.41) is 3.75. The average molecular weight is 338 g/mol. The number of benzene rings is 1. The van der Waals surface area contributed by atoms with Crippen molar-refractivity contribution in [2.45, 2.75) is 19.4 Å². The van der Waals surface area contributed by atoms with Crippen molar-refractivity contribution in [2.75, 3.05) is 33.7 Å². The third-order valence-corrected chi connectivity index (χ3v) is 4.36. The highest BCUT2D eigenvalue weighted by atomic mass is 35.5. The van der Waals surface area contributed by atoms with E-state index in [1.54, 1.807) is 24.0 Å². The van der Waals surface area contributed by atoms with Crippen LogP contribution < -0.4 is 5.32 Å². The summed E-state index contributed by atoms with van der Waals surface area (Å²) in [6.07, 6.45) is 0.322. The van der Waals surface area contributed by atoms with Crippen LogP contribution in [-0.2, 0) is 16.0 Å². The number of rotatable bonds is 5. The van der Waals surface area contributed by atoms with Crippen LogP contribution in [0.1, 0.15) is 12.5 Å². The molecule has 0 saturated carbocycles. The predicted molar refractivity (Wildman–Crippen MR) is 91.4 cm³/mol. The normalized spacial score (nSPS) is 20.8. The molecule has 1 heterocycles. The van der Waals surface area contributed by atoms with E-state index in [2.05, 4.69) is 10.2 Å². The second kappa shape index (κ2) is 7.79. The maximum absolute atomic E-state index is 12.3. The summed E-state index contributed by atoms with van der Waals surface area (Å²) in [4.78, 5) is 27.8. The maximum Gasteiger partial charge on any atom is 0.224 e. The minimum absolute atomic E-state index is 0.00102. The molecule has 1 aliphatic heterocycles. The zero-order valence-corrected chi connectivity index (χ0v) is 14.6. The van der Waals surface area contributed by atoms with Crippen molar-refractivity contribution in [3.8, 4) is 0 Å².